The maximum absolute atomic E-state index is 13.4. The highest BCUT2D eigenvalue weighted by atomic mass is 32.2. The van der Waals surface area contributed by atoms with Crippen LogP contribution >= 0.6 is 0 Å². The average Bonchev–Trinajstić information content (AvgIpc) is 3.02. The molecule has 0 spiro atoms. The SMILES string of the molecule is Cc1ccc(S(=O)(=O)n2nc(-c3ccc(F)cc3)cc2C(F)(F)F)cc1. The van der Waals surface area contributed by atoms with Crippen molar-refractivity contribution in [3.05, 3.63) is 71.7 Å². The van der Waals surface area contributed by atoms with Crippen molar-refractivity contribution in [1.82, 2.24) is 9.19 Å². The van der Waals surface area contributed by atoms with E-state index in [-0.39, 0.29) is 20.2 Å². The summed E-state index contributed by atoms with van der Waals surface area (Å²) in [7, 11) is -4.55. The second-order valence-corrected chi connectivity index (χ2v) is 7.35. The molecular weight excluding hydrogens is 372 g/mol. The van der Waals surface area contributed by atoms with E-state index in [0.29, 0.717) is 6.07 Å². The molecule has 0 bridgehead atoms. The summed E-state index contributed by atoms with van der Waals surface area (Å²) in [6.45, 7) is 1.72. The van der Waals surface area contributed by atoms with E-state index in [9.17, 15) is 26.0 Å². The molecule has 0 saturated heterocycles. The van der Waals surface area contributed by atoms with Gasteiger partial charge in [0.05, 0.1) is 10.6 Å². The van der Waals surface area contributed by atoms with Crippen LogP contribution < -0.4 is 0 Å². The van der Waals surface area contributed by atoms with E-state index >= 15 is 0 Å². The van der Waals surface area contributed by atoms with Gasteiger partial charge in [-0.05, 0) is 49.4 Å². The summed E-state index contributed by atoms with van der Waals surface area (Å²) in [4.78, 5) is -0.317. The lowest BCUT2D eigenvalue weighted by atomic mass is 10.1. The lowest BCUT2D eigenvalue weighted by molar-refractivity contribution is -0.142. The van der Waals surface area contributed by atoms with Crippen LogP contribution in [0.4, 0.5) is 17.6 Å². The number of aromatic nitrogens is 2. The van der Waals surface area contributed by atoms with Gasteiger partial charge < -0.3 is 0 Å². The first-order chi connectivity index (χ1) is 12.1. The second kappa shape index (κ2) is 6.24. The van der Waals surface area contributed by atoms with Crippen molar-refractivity contribution in [2.45, 2.75) is 18.0 Å². The minimum atomic E-state index is -4.94. The first kappa shape index (κ1) is 18.1. The van der Waals surface area contributed by atoms with Gasteiger partial charge in [0, 0.05) is 5.56 Å². The molecule has 0 unspecified atom stereocenters. The third-order valence-corrected chi connectivity index (χ3v) is 5.26. The molecule has 0 aliphatic heterocycles. The predicted molar refractivity (Wildman–Crippen MR) is 86.4 cm³/mol. The van der Waals surface area contributed by atoms with Crippen LogP contribution in [0.5, 0.6) is 0 Å². The second-order valence-electron chi connectivity index (χ2n) is 5.58. The molecule has 9 heteroatoms. The fraction of sp³-hybridized carbons (Fsp3) is 0.118. The molecule has 0 atom stereocenters. The van der Waals surface area contributed by atoms with Gasteiger partial charge in [0.15, 0.2) is 5.69 Å². The Morgan fingerprint density at radius 2 is 1.54 bits per heavy atom. The first-order valence-electron chi connectivity index (χ1n) is 7.34. The van der Waals surface area contributed by atoms with Crippen LogP contribution in [0.3, 0.4) is 0 Å². The molecule has 0 radical (unpaired) electrons. The fourth-order valence-electron chi connectivity index (χ4n) is 2.31. The number of rotatable bonds is 3. The van der Waals surface area contributed by atoms with Crippen LogP contribution in [0.1, 0.15) is 11.3 Å². The molecule has 3 aromatic rings. The Hall–Kier alpha value is -2.68. The molecule has 0 N–H and O–H groups in total. The first-order valence-corrected chi connectivity index (χ1v) is 8.78. The van der Waals surface area contributed by atoms with Gasteiger partial charge in [-0.1, -0.05) is 17.7 Å². The van der Waals surface area contributed by atoms with Crippen LogP contribution in [0.25, 0.3) is 11.3 Å². The lowest BCUT2D eigenvalue weighted by Crippen LogP contribution is -2.22. The minimum absolute atomic E-state index is 0.0314. The number of benzene rings is 2. The van der Waals surface area contributed by atoms with E-state index in [0.717, 1.165) is 17.7 Å². The van der Waals surface area contributed by atoms with E-state index < -0.39 is 27.7 Å². The number of halogens is 4. The molecule has 4 nitrogen and oxygen atoms in total. The van der Waals surface area contributed by atoms with Gasteiger partial charge in [0.25, 0.3) is 10.0 Å². The Kier molecular flexibility index (Phi) is 4.35. The van der Waals surface area contributed by atoms with Gasteiger partial charge in [0.1, 0.15) is 5.82 Å². The molecule has 26 heavy (non-hydrogen) atoms. The van der Waals surface area contributed by atoms with Gasteiger partial charge in [-0.25, -0.2) is 4.39 Å². The van der Waals surface area contributed by atoms with E-state index in [2.05, 4.69) is 5.10 Å². The van der Waals surface area contributed by atoms with Gasteiger partial charge in [-0.15, -0.1) is 4.09 Å². The molecule has 0 amide bonds. The highest BCUT2D eigenvalue weighted by molar-refractivity contribution is 7.89. The van der Waals surface area contributed by atoms with Gasteiger partial charge in [-0.3, -0.25) is 0 Å². The zero-order valence-corrected chi connectivity index (χ0v) is 14.1. The largest absolute Gasteiger partial charge is 0.434 e. The monoisotopic (exact) mass is 384 g/mol. The van der Waals surface area contributed by atoms with E-state index in [1.807, 2.05) is 0 Å². The Balaban J connectivity index is 2.19. The van der Waals surface area contributed by atoms with Gasteiger partial charge in [0.2, 0.25) is 0 Å². The summed E-state index contributed by atoms with van der Waals surface area (Å²) in [5.74, 6) is -0.573. The molecular formula is C17H12F4N2O2S. The van der Waals surface area contributed by atoms with Crippen molar-refractivity contribution in [3.63, 3.8) is 0 Å². The number of nitrogens with zero attached hydrogens (tertiary/aromatic N) is 2. The number of hydrogen-bond donors (Lipinski definition) is 0. The van der Waals surface area contributed by atoms with Crippen molar-refractivity contribution in [3.8, 4) is 11.3 Å². The summed E-state index contributed by atoms with van der Waals surface area (Å²) < 4.78 is 78.4. The smallest absolute Gasteiger partial charge is 0.207 e. The van der Waals surface area contributed by atoms with Crippen LogP contribution in [0.15, 0.2) is 59.5 Å². The van der Waals surface area contributed by atoms with E-state index in [1.165, 1.54) is 36.4 Å². The quantitative estimate of drug-likeness (QED) is 0.635. The van der Waals surface area contributed by atoms with Crippen LogP contribution in [-0.2, 0) is 16.2 Å². The summed E-state index contributed by atoms with van der Waals surface area (Å²) >= 11 is 0. The highest BCUT2D eigenvalue weighted by Gasteiger charge is 2.40. The molecule has 2 aromatic carbocycles. The topological polar surface area (TPSA) is 52.0 Å². The predicted octanol–water partition coefficient (Wildman–Crippen LogP) is 4.25. The standard InChI is InChI=1S/C17H12F4N2O2S/c1-11-2-8-14(9-3-11)26(24,25)23-16(17(19,20)21)10-15(22-23)12-4-6-13(18)7-5-12/h2-10H,1H3. The van der Waals surface area contributed by atoms with Crippen molar-refractivity contribution in [2.24, 2.45) is 0 Å². The van der Waals surface area contributed by atoms with E-state index in [4.69, 9.17) is 0 Å². The number of hydrogen-bond acceptors (Lipinski definition) is 3. The highest BCUT2D eigenvalue weighted by Crippen LogP contribution is 2.34. The van der Waals surface area contributed by atoms with Crippen molar-refractivity contribution >= 4 is 10.0 Å². The molecule has 136 valence electrons. The zero-order valence-electron chi connectivity index (χ0n) is 13.3. The Labute approximate surface area is 146 Å². The van der Waals surface area contributed by atoms with Crippen LogP contribution in [0, 0.1) is 12.7 Å². The van der Waals surface area contributed by atoms with Crippen molar-refractivity contribution in [2.75, 3.05) is 0 Å². The molecule has 0 fully saturated rings. The minimum Gasteiger partial charge on any atom is -0.207 e. The molecule has 0 aliphatic carbocycles. The fourth-order valence-corrected chi connectivity index (χ4v) is 3.60. The molecule has 3 rings (SSSR count). The number of alkyl halides is 3. The summed E-state index contributed by atoms with van der Waals surface area (Å²) in [5.41, 5.74) is -0.743. The van der Waals surface area contributed by atoms with Crippen LogP contribution in [0.2, 0.25) is 0 Å². The Morgan fingerprint density at radius 1 is 0.962 bits per heavy atom. The molecule has 1 aromatic heterocycles. The average molecular weight is 384 g/mol. The van der Waals surface area contributed by atoms with Crippen molar-refractivity contribution in [1.29, 1.82) is 0 Å². The summed E-state index contributed by atoms with van der Waals surface area (Å²) in [6, 6.07) is 10.6. The Morgan fingerprint density at radius 3 is 2.08 bits per heavy atom. The van der Waals surface area contributed by atoms with Crippen molar-refractivity contribution < 1.29 is 26.0 Å². The van der Waals surface area contributed by atoms with E-state index in [1.54, 1.807) is 6.92 Å². The Bertz CT molecular complexity index is 1040. The summed E-state index contributed by atoms with van der Waals surface area (Å²) in [5, 5.41) is 3.63. The maximum atomic E-state index is 13.4. The van der Waals surface area contributed by atoms with Gasteiger partial charge >= 0.3 is 6.18 Å². The zero-order chi connectivity index (χ0) is 19.1. The molecule has 1 heterocycles. The maximum Gasteiger partial charge on any atom is 0.434 e. The lowest BCUT2D eigenvalue weighted by Gasteiger charge is -2.11. The number of aryl methyl sites for hydroxylation is 1. The third-order valence-electron chi connectivity index (χ3n) is 3.66. The third kappa shape index (κ3) is 3.34. The normalized spacial score (nSPS) is 12.3. The van der Waals surface area contributed by atoms with Gasteiger partial charge in [-0.2, -0.15) is 26.7 Å². The van der Waals surface area contributed by atoms with Crippen LogP contribution in [-0.4, -0.2) is 17.6 Å². The molecule has 0 aliphatic rings. The molecule has 0 saturated carbocycles. The summed E-state index contributed by atoms with van der Waals surface area (Å²) in [6.07, 6.45) is -4.94.